The fourth-order valence-electron chi connectivity index (χ4n) is 2.94. The fourth-order valence-corrected chi connectivity index (χ4v) is 2.94. The van der Waals surface area contributed by atoms with Crippen molar-refractivity contribution in [3.63, 3.8) is 0 Å². The molecule has 1 aromatic carbocycles. The number of carbonyl (C=O) groups is 1. The van der Waals surface area contributed by atoms with Crippen LogP contribution in [0.1, 0.15) is 29.0 Å². The number of pyridine rings is 1. The second-order valence-electron chi connectivity index (χ2n) is 6.14. The lowest BCUT2D eigenvalue weighted by atomic mass is 10.0. The quantitative estimate of drug-likeness (QED) is 0.615. The van der Waals surface area contributed by atoms with Gasteiger partial charge in [0.05, 0.1) is 23.6 Å². The molecule has 1 heterocycles. The number of rotatable bonds is 6. The molecular weight excluding hydrogens is 359 g/mol. The first kappa shape index (κ1) is 18.7. The van der Waals surface area contributed by atoms with Crippen molar-refractivity contribution >= 4 is 11.8 Å². The maximum atomic E-state index is 13.1. The van der Waals surface area contributed by atoms with Crippen LogP contribution >= 0.6 is 0 Å². The topological polar surface area (TPSA) is 75.0 Å². The first-order valence-electron chi connectivity index (χ1n) is 8.33. The Hall–Kier alpha value is -3.08. The SMILES string of the molecule is N#Cc1cccnc1NCCOC(=O)C1CC1c1ccccc1C(F)(F)F. The summed E-state index contributed by atoms with van der Waals surface area (Å²) in [4.78, 5) is 16.1. The van der Waals surface area contributed by atoms with Crippen LogP contribution in [-0.2, 0) is 15.7 Å². The molecule has 0 aliphatic heterocycles. The van der Waals surface area contributed by atoms with Gasteiger partial charge in [-0.1, -0.05) is 18.2 Å². The summed E-state index contributed by atoms with van der Waals surface area (Å²) >= 11 is 0. The molecule has 1 N–H and O–H groups in total. The minimum absolute atomic E-state index is 0.0322. The summed E-state index contributed by atoms with van der Waals surface area (Å²) in [5.74, 6) is -1.15. The molecule has 1 saturated carbocycles. The Kier molecular flexibility index (Phi) is 5.31. The smallest absolute Gasteiger partial charge is 0.416 e. The first-order valence-corrected chi connectivity index (χ1v) is 8.33. The molecule has 1 aromatic heterocycles. The van der Waals surface area contributed by atoms with E-state index in [1.54, 1.807) is 12.1 Å². The van der Waals surface area contributed by atoms with Crippen LogP contribution in [0.15, 0.2) is 42.6 Å². The van der Waals surface area contributed by atoms with Gasteiger partial charge in [-0.2, -0.15) is 18.4 Å². The average Bonchev–Trinajstić information content (AvgIpc) is 3.45. The number of hydrogen-bond donors (Lipinski definition) is 1. The maximum Gasteiger partial charge on any atom is 0.416 e. The number of halogens is 3. The predicted molar refractivity (Wildman–Crippen MR) is 90.7 cm³/mol. The van der Waals surface area contributed by atoms with Gasteiger partial charge >= 0.3 is 12.1 Å². The molecule has 0 radical (unpaired) electrons. The number of alkyl halides is 3. The van der Waals surface area contributed by atoms with E-state index in [0.29, 0.717) is 17.8 Å². The molecule has 140 valence electrons. The Bertz CT molecular complexity index is 877. The normalized spacial score (nSPS) is 18.4. The number of hydrogen-bond acceptors (Lipinski definition) is 5. The van der Waals surface area contributed by atoms with E-state index < -0.39 is 29.5 Å². The standard InChI is InChI=1S/C19H16F3N3O2/c20-19(21,22)16-6-2-1-5-13(16)14-10-15(14)18(26)27-9-8-25-17-12(11-23)4-3-7-24-17/h1-7,14-15H,8-10H2,(H,24,25). The first-order chi connectivity index (χ1) is 12.9. The van der Waals surface area contributed by atoms with Crippen LogP contribution in [-0.4, -0.2) is 24.1 Å². The van der Waals surface area contributed by atoms with Crippen molar-refractivity contribution in [1.82, 2.24) is 4.98 Å². The van der Waals surface area contributed by atoms with E-state index in [1.165, 1.54) is 24.4 Å². The molecule has 1 fully saturated rings. The maximum absolute atomic E-state index is 13.1. The largest absolute Gasteiger partial charge is 0.464 e. The minimum Gasteiger partial charge on any atom is -0.464 e. The Morgan fingerprint density at radius 1 is 1.30 bits per heavy atom. The van der Waals surface area contributed by atoms with E-state index in [2.05, 4.69) is 10.3 Å². The van der Waals surface area contributed by atoms with Gasteiger partial charge in [0.15, 0.2) is 0 Å². The van der Waals surface area contributed by atoms with E-state index in [0.717, 1.165) is 6.07 Å². The third-order valence-electron chi connectivity index (χ3n) is 4.33. The van der Waals surface area contributed by atoms with E-state index in [1.807, 2.05) is 6.07 Å². The van der Waals surface area contributed by atoms with Crippen molar-refractivity contribution in [2.45, 2.75) is 18.5 Å². The predicted octanol–water partition coefficient (Wildman–Crippen LogP) is 3.73. The fraction of sp³-hybridized carbons (Fsp3) is 0.316. The van der Waals surface area contributed by atoms with Gasteiger partial charge in [0.2, 0.25) is 0 Å². The summed E-state index contributed by atoms with van der Waals surface area (Å²) in [5.41, 5.74) is -0.196. The minimum atomic E-state index is -4.45. The summed E-state index contributed by atoms with van der Waals surface area (Å²) in [7, 11) is 0. The monoisotopic (exact) mass is 375 g/mol. The highest BCUT2D eigenvalue weighted by Gasteiger charge is 2.48. The van der Waals surface area contributed by atoms with Gasteiger partial charge in [-0.3, -0.25) is 4.79 Å². The number of esters is 1. The lowest BCUT2D eigenvalue weighted by Gasteiger charge is -2.12. The van der Waals surface area contributed by atoms with Crippen molar-refractivity contribution in [1.29, 1.82) is 5.26 Å². The number of benzene rings is 1. The molecule has 5 nitrogen and oxygen atoms in total. The second kappa shape index (κ2) is 7.66. The number of nitrogens with one attached hydrogen (secondary N) is 1. The molecule has 0 saturated heterocycles. The summed E-state index contributed by atoms with van der Waals surface area (Å²) < 4.78 is 44.4. The van der Waals surface area contributed by atoms with E-state index >= 15 is 0 Å². The Morgan fingerprint density at radius 2 is 2.07 bits per heavy atom. The Morgan fingerprint density at radius 3 is 2.81 bits per heavy atom. The summed E-state index contributed by atoms with van der Waals surface area (Å²) in [6.07, 6.45) is -2.57. The van der Waals surface area contributed by atoms with Crippen molar-refractivity contribution in [2.75, 3.05) is 18.5 Å². The zero-order valence-corrected chi connectivity index (χ0v) is 14.2. The van der Waals surface area contributed by atoms with Gasteiger partial charge in [0.25, 0.3) is 0 Å². The number of aromatic nitrogens is 1. The van der Waals surface area contributed by atoms with Crippen LogP contribution in [0.3, 0.4) is 0 Å². The van der Waals surface area contributed by atoms with Crippen molar-refractivity contribution in [3.05, 3.63) is 59.3 Å². The molecule has 0 bridgehead atoms. The lowest BCUT2D eigenvalue weighted by molar-refractivity contribution is -0.145. The summed E-state index contributed by atoms with van der Waals surface area (Å²) in [5, 5.41) is 11.9. The molecule has 27 heavy (non-hydrogen) atoms. The molecular formula is C19H16F3N3O2. The molecule has 3 rings (SSSR count). The molecule has 2 atom stereocenters. The Balaban J connectivity index is 1.51. The highest BCUT2D eigenvalue weighted by atomic mass is 19.4. The van der Waals surface area contributed by atoms with Gasteiger partial charge in [0, 0.05) is 6.20 Å². The van der Waals surface area contributed by atoms with Gasteiger partial charge in [-0.15, -0.1) is 0 Å². The van der Waals surface area contributed by atoms with E-state index in [-0.39, 0.29) is 18.7 Å². The van der Waals surface area contributed by atoms with E-state index in [4.69, 9.17) is 10.00 Å². The number of carbonyl (C=O) groups excluding carboxylic acids is 1. The van der Waals surface area contributed by atoms with Crippen LogP contribution in [0.5, 0.6) is 0 Å². The third-order valence-corrected chi connectivity index (χ3v) is 4.33. The number of nitrogens with zero attached hydrogens (tertiary/aromatic N) is 2. The lowest BCUT2D eigenvalue weighted by Crippen LogP contribution is -2.16. The molecule has 1 aliphatic rings. The highest BCUT2D eigenvalue weighted by Crippen LogP contribution is 2.51. The van der Waals surface area contributed by atoms with Crippen LogP contribution in [0.4, 0.5) is 19.0 Å². The molecule has 0 spiro atoms. The molecule has 1 aliphatic carbocycles. The third kappa shape index (κ3) is 4.37. The van der Waals surface area contributed by atoms with Gasteiger partial charge in [0.1, 0.15) is 18.5 Å². The van der Waals surface area contributed by atoms with Crippen molar-refractivity contribution in [2.24, 2.45) is 5.92 Å². The number of ether oxygens (including phenoxy) is 1. The van der Waals surface area contributed by atoms with Crippen LogP contribution < -0.4 is 5.32 Å². The van der Waals surface area contributed by atoms with Crippen LogP contribution in [0, 0.1) is 17.2 Å². The number of nitriles is 1. The molecule has 0 amide bonds. The average molecular weight is 375 g/mol. The van der Waals surface area contributed by atoms with Gasteiger partial charge in [-0.25, -0.2) is 4.98 Å². The zero-order chi connectivity index (χ0) is 19.4. The highest BCUT2D eigenvalue weighted by molar-refractivity contribution is 5.77. The Labute approximate surface area is 153 Å². The molecule has 8 heteroatoms. The number of anilines is 1. The zero-order valence-electron chi connectivity index (χ0n) is 14.2. The van der Waals surface area contributed by atoms with E-state index in [9.17, 15) is 18.0 Å². The van der Waals surface area contributed by atoms with Crippen LogP contribution in [0.2, 0.25) is 0 Å². The van der Waals surface area contributed by atoms with Crippen molar-refractivity contribution < 1.29 is 22.7 Å². The van der Waals surface area contributed by atoms with Crippen LogP contribution in [0.25, 0.3) is 0 Å². The molecule has 2 unspecified atom stereocenters. The van der Waals surface area contributed by atoms with Crippen molar-refractivity contribution in [3.8, 4) is 6.07 Å². The second-order valence-corrected chi connectivity index (χ2v) is 6.14. The van der Waals surface area contributed by atoms with Gasteiger partial charge < -0.3 is 10.1 Å². The molecule has 2 aromatic rings. The summed E-state index contributed by atoms with van der Waals surface area (Å²) in [6.45, 7) is 0.276. The van der Waals surface area contributed by atoms with Gasteiger partial charge in [-0.05, 0) is 36.1 Å². The summed E-state index contributed by atoms with van der Waals surface area (Å²) in [6, 6.07) is 10.5.